The quantitative estimate of drug-likeness (QED) is 0.441. The summed E-state index contributed by atoms with van der Waals surface area (Å²) < 4.78 is 27.5. The van der Waals surface area contributed by atoms with Crippen molar-refractivity contribution in [2.75, 3.05) is 0 Å². The van der Waals surface area contributed by atoms with Gasteiger partial charge in [0, 0.05) is 22.7 Å². The highest BCUT2D eigenvalue weighted by Crippen LogP contribution is 2.34. The van der Waals surface area contributed by atoms with Gasteiger partial charge in [-0.3, -0.25) is 0 Å². The van der Waals surface area contributed by atoms with Crippen LogP contribution in [-0.2, 0) is 0 Å². The number of hydrogen-bond acceptors (Lipinski definition) is 0. The molecule has 0 fully saturated rings. The molecule has 1 nitrogen and oxygen atoms in total. The maximum atomic E-state index is 13.8. The summed E-state index contributed by atoms with van der Waals surface area (Å²) in [7, 11) is 0. The van der Waals surface area contributed by atoms with E-state index in [1.54, 1.807) is 18.3 Å². The third-order valence-corrected chi connectivity index (χ3v) is 4.33. The van der Waals surface area contributed by atoms with Gasteiger partial charge in [-0.2, -0.15) is 8.78 Å². The van der Waals surface area contributed by atoms with E-state index in [4.69, 9.17) is 0 Å². The van der Waals surface area contributed by atoms with Gasteiger partial charge in [0.2, 0.25) is 0 Å². The van der Waals surface area contributed by atoms with Crippen molar-refractivity contribution < 1.29 is 8.78 Å². The maximum Gasteiger partial charge on any atom is 0.278 e. The number of nitrogens with one attached hydrogen (secondary N) is 1. The molecule has 0 aliphatic heterocycles. The first kappa shape index (κ1) is 15.3. The molecule has 0 aliphatic rings. The molecule has 0 radical (unpaired) electrons. The Balaban J connectivity index is 1.79. The third kappa shape index (κ3) is 2.85. The van der Waals surface area contributed by atoms with Crippen molar-refractivity contribution in [3.05, 3.63) is 102 Å². The minimum absolute atomic E-state index is 0.0305. The van der Waals surface area contributed by atoms with Gasteiger partial charge in [-0.15, -0.1) is 0 Å². The Morgan fingerprint density at radius 2 is 1.32 bits per heavy atom. The van der Waals surface area contributed by atoms with Crippen LogP contribution in [0.4, 0.5) is 8.78 Å². The van der Waals surface area contributed by atoms with Crippen molar-refractivity contribution >= 4 is 16.5 Å². The first-order chi connectivity index (χ1) is 12.2. The van der Waals surface area contributed by atoms with Crippen LogP contribution in [-0.4, -0.2) is 4.98 Å². The van der Waals surface area contributed by atoms with Gasteiger partial charge in [0.1, 0.15) is 0 Å². The van der Waals surface area contributed by atoms with Gasteiger partial charge in [0.15, 0.2) is 0 Å². The second kappa shape index (κ2) is 6.36. The molecular weight excluding hydrogens is 316 g/mol. The molecule has 0 atom stereocenters. The second-order valence-electron chi connectivity index (χ2n) is 5.83. The van der Waals surface area contributed by atoms with E-state index in [0.717, 1.165) is 22.0 Å². The number of H-pyrrole nitrogens is 1. The van der Waals surface area contributed by atoms with Gasteiger partial charge in [0.05, 0.1) is 5.57 Å². The van der Waals surface area contributed by atoms with Gasteiger partial charge in [-0.1, -0.05) is 72.8 Å². The van der Waals surface area contributed by atoms with E-state index in [9.17, 15) is 8.78 Å². The topological polar surface area (TPSA) is 15.8 Å². The van der Waals surface area contributed by atoms with Crippen LogP contribution in [0.5, 0.6) is 0 Å². The van der Waals surface area contributed by atoms with Crippen LogP contribution in [0.1, 0.15) is 11.1 Å². The van der Waals surface area contributed by atoms with E-state index in [-0.39, 0.29) is 5.57 Å². The van der Waals surface area contributed by atoms with Crippen LogP contribution < -0.4 is 0 Å². The standard InChI is InChI=1S/C22H15F2N/c23-22(24)21(19-14-25-20-9-5-4-8-18(19)20)17-12-10-16(11-13-17)15-6-2-1-3-7-15/h1-14,25H. The summed E-state index contributed by atoms with van der Waals surface area (Å²) in [6.45, 7) is 0. The van der Waals surface area contributed by atoms with Crippen molar-refractivity contribution in [3.8, 4) is 11.1 Å². The smallest absolute Gasteiger partial charge is 0.278 e. The number of fused-ring (bicyclic) bond motifs is 1. The van der Waals surface area contributed by atoms with Crippen LogP contribution in [0.2, 0.25) is 0 Å². The Hall–Kier alpha value is -3.20. The monoisotopic (exact) mass is 331 g/mol. The van der Waals surface area contributed by atoms with Crippen molar-refractivity contribution in [2.24, 2.45) is 0 Å². The first-order valence-corrected chi connectivity index (χ1v) is 8.01. The Morgan fingerprint density at radius 1 is 0.680 bits per heavy atom. The predicted molar refractivity (Wildman–Crippen MR) is 98.4 cm³/mol. The van der Waals surface area contributed by atoms with Crippen molar-refractivity contribution in [1.29, 1.82) is 0 Å². The number of hydrogen-bond donors (Lipinski definition) is 1. The molecule has 0 spiro atoms. The lowest BCUT2D eigenvalue weighted by Crippen LogP contribution is -1.89. The van der Waals surface area contributed by atoms with E-state index in [2.05, 4.69) is 4.98 Å². The summed E-state index contributed by atoms with van der Waals surface area (Å²) in [5, 5.41) is 0.789. The number of benzene rings is 3. The van der Waals surface area contributed by atoms with Crippen LogP contribution in [0.3, 0.4) is 0 Å². The first-order valence-electron chi connectivity index (χ1n) is 8.01. The second-order valence-corrected chi connectivity index (χ2v) is 5.83. The molecule has 0 saturated heterocycles. The zero-order valence-corrected chi connectivity index (χ0v) is 13.3. The Labute approximate surface area is 144 Å². The van der Waals surface area contributed by atoms with Gasteiger partial charge < -0.3 is 4.98 Å². The molecule has 25 heavy (non-hydrogen) atoms. The van der Waals surface area contributed by atoms with E-state index in [1.807, 2.05) is 66.7 Å². The molecule has 1 heterocycles. The molecule has 0 saturated carbocycles. The van der Waals surface area contributed by atoms with E-state index in [1.165, 1.54) is 0 Å². The lowest BCUT2D eigenvalue weighted by atomic mass is 9.96. The predicted octanol–water partition coefficient (Wildman–Crippen LogP) is 6.49. The lowest BCUT2D eigenvalue weighted by Gasteiger charge is -2.08. The van der Waals surface area contributed by atoms with Crippen LogP contribution in [0, 0.1) is 0 Å². The summed E-state index contributed by atoms with van der Waals surface area (Å²) in [6, 6.07) is 24.6. The molecule has 0 amide bonds. The fourth-order valence-electron chi connectivity index (χ4n) is 3.10. The molecule has 122 valence electrons. The molecular formula is C22H15F2N. The largest absolute Gasteiger partial charge is 0.361 e. The summed E-state index contributed by atoms with van der Waals surface area (Å²) in [6.07, 6.45) is -0.0400. The van der Waals surface area contributed by atoms with Crippen LogP contribution >= 0.6 is 0 Å². The summed E-state index contributed by atoms with van der Waals surface area (Å²) in [4.78, 5) is 3.06. The molecule has 0 bridgehead atoms. The normalized spacial score (nSPS) is 10.8. The van der Waals surface area contributed by atoms with Gasteiger partial charge >= 0.3 is 0 Å². The summed E-state index contributed by atoms with van der Waals surface area (Å²) in [5.74, 6) is 0. The van der Waals surface area contributed by atoms with E-state index < -0.39 is 6.08 Å². The Morgan fingerprint density at radius 3 is 2.04 bits per heavy atom. The molecule has 1 N–H and O–H groups in total. The van der Waals surface area contributed by atoms with Gasteiger partial charge in [-0.05, 0) is 22.8 Å². The van der Waals surface area contributed by atoms with Crippen molar-refractivity contribution in [3.63, 3.8) is 0 Å². The minimum atomic E-state index is -1.68. The fourth-order valence-corrected chi connectivity index (χ4v) is 3.10. The summed E-state index contributed by atoms with van der Waals surface area (Å²) >= 11 is 0. The highest BCUT2D eigenvalue weighted by Gasteiger charge is 2.16. The SMILES string of the molecule is FC(F)=C(c1ccc(-c2ccccc2)cc1)c1c[nH]c2ccccc12. The molecule has 0 aliphatic carbocycles. The average molecular weight is 331 g/mol. The average Bonchev–Trinajstić information content (AvgIpc) is 3.07. The molecule has 4 rings (SSSR count). The molecule has 1 aromatic heterocycles. The molecule has 4 aromatic rings. The van der Waals surface area contributed by atoms with E-state index >= 15 is 0 Å². The number of aromatic nitrogens is 1. The Kier molecular flexibility index (Phi) is 3.90. The third-order valence-electron chi connectivity index (χ3n) is 4.33. The zero-order chi connectivity index (χ0) is 17.2. The minimum Gasteiger partial charge on any atom is -0.361 e. The zero-order valence-electron chi connectivity index (χ0n) is 13.3. The highest BCUT2D eigenvalue weighted by atomic mass is 19.3. The molecule has 3 heteroatoms. The Bertz CT molecular complexity index is 1040. The lowest BCUT2D eigenvalue weighted by molar-refractivity contribution is 0.426. The van der Waals surface area contributed by atoms with Gasteiger partial charge in [0.25, 0.3) is 6.08 Å². The fraction of sp³-hybridized carbons (Fsp3) is 0. The number of rotatable bonds is 3. The number of aromatic amines is 1. The highest BCUT2D eigenvalue weighted by molar-refractivity contribution is 5.97. The number of para-hydroxylation sites is 1. The van der Waals surface area contributed by atoms with E-state index in [0.29, 0.717) is 11.1 Å². The van der Waals surface area contributed by atoms with Crippen LogP contribution in [0.15, 0.2) is 91.1 Å². The molecule has 3 aromatic carbocycles. The van der Waals surface area contributed by atoms with Crippen LogP contribution in [0.25, 0.3) is 27.6 Å². The maximum absolute atomic E-state index is 13.8. The van der Waals surface area contributed by atoms with Gasteiger partial charge in [-0.25, -0.2) is 0 Å². The molecule has 0 unspecified atom stereocenters. The summed E-state index contributed by atoms with van der Waals surface area (Å²) in [5.41, 5.74) is 3.90. The number of halogens is 2. The van der Waals surface area contributed by atoms with Crippen molar-refractivity contribution in [1.82, 2.24) is 4.98 Å². The van der Waals surface area contributed by atoms with Crippen molar-refractivity contribution in [2.45, 2.75) is 0 Å².